The Morgan fingerprint density at radius 3 is 2.75 bits per heavy atom. The molecular weight excluding hydrogens is 348 g/mol. The van der Waals surface area contributed by atoms with Gasteiger partial charge >= 0.3 is 5.97 Å². The predicted molar refractivity (Wildman–Crippen MR) is 75.7 cm³/mol. The highest BCUT2D eigenvalue weighted by atomic mass is 79.9. The van der Waals surface area contributed by atoms with Gasteiger partial charge in [-0.05, 0) is 34.8 Å². The number of pyridine rings is 1. The Hall–Kier alpha value is -0.990. The van der Waals surface area contributed by atoms with Gasteiger partial charge in [0.1, 0.15) is 4.90 Å². The maximum atomic E-state index is 12.5. The van der Waals surface area contributed by atoms with Gasteiger partial charge in [-0.15, -0.1) is 0 Å². The van der Waals surface area contributed by atoms with Gasteiger partial charge in [0.15, 0.2) is 0 Å². The topological polar surface area (TPSA) is 87.6 Å². The van der Waals surface area contributed by atoms with E-state index < -0.39 is 21.4 Å². The van der Waals surface area contributed by atoms with Crippen LogP contribution in [0.2, 0.25) is 0 Å². The van der Waals surface area contributed by atoms with Crippen molar-refractivity contribution in [2.24, 2.45) is 5.41 Å². The number of rotatable bonds is 4. The zero-order valence-electron chi connectivity index (χ0n) is 10.9. The van der Waals surface area contributed by atoms with E-state index >= 15 is 0 Å². The van der Waals surface area contributed by atoms with Gasteiger partial charge in [-0.3, -0.25) is 9.78 Å². The molecule has 6 nitrogen and oxygen atoms in total. The third-order valence-corrected chi connectivity index (χ3v) is 6.01. The number of sulfonamides is 1. The Labute approximate surface area is 126 Å². The summed E-state index contributed by atoms with van der Waals surface area (Å²) in [4.78, 5) is 15.3. The zero-order valence-corrected chi connectivity index (χ0v) is 13.3. The quantitative estimate of drug-likeness (QED) is 0.880. The number of carbonyl (C=O) groups is 1. The highest BCUT2D eigenvalue weighted by Gasteiger charge is 2.47. The summed E-state index contributed by atoms with van der Waals surface area (Å²) >= 11 is 3.18. The second-order valence-corrected chi connectivity index (χ2v) is 7.72. The van der Waals surface area contributed by atoms with Crippen molar-refractivity contribution in [1.82, 2.24) is 9.29 Å². The summed E-state index contributed by atoms with van der Waals surface area (Å²) in [6.07, 6.45) is 3.51. The lowest BCUT2D eigenvalue weighted by Crippen LogP contribution is -2.36. The first-order chi connectivity index (χ1) is 9.32. The Bertz CT molecular complexity index is 634. The molecule has 0 bridgehead atoms. The molecule has 0 aliphatic carbocycles. The van der Waals surface area contributed by atoms with Crippen molar-refractivity contribution >= 4 is 31.9 Å². The van der Waals surface area contributed by atoms with Crippen LogP contribution in [-0.4, -0.2) is 41.9 Å². The molecule has 0 saturated carbocycles. The van der Waals surface area contributed by atoms with Crippen molar-refractivity contribution in [3.63, 3.8) is 0 Å². The molecule has 1 saturated heterocycles. The van der Waals surface area contributed by atoms with Crippen LogP contribution in [0.15, 0.2) is 27.8 Å². The summed E-state index contributed by atoms with van der Waals surface area (Å²) < 4.78 is 26.8. The number of halogens is 1. The molecule has 1 fully saturated rings. The van der Waals surface area contributed by atoms with Gasteiger partial charge in [0, 0.05) is 30.0 Å². The van der Waals surface area contributed by atoms with E-state index in [0.29, 0.717) is 17.3 Å². The summed E-state index contributed by atoms with van der Waals surface area (Å²) in [5, 5.41) is 9.32. The number of hydrogen-bond donors (Lipinski definition) is 1. The van der Waals surface area contributed by atoms with E-state index in [1.807, 2.05) is 0 Å². The first-order valence-electron chi connectivity index (χ1n) is 6.16. The highest BCUT2D eigenvalue weighted by Crippen LogP contribution is 2.37. The molecule has 0 amide bonds. The van der Waals surface area contributed by atoms with Crippen LogP contribution in [0.5, 0.6) is 0 Å². The van der Waals surface area contributed by atoms with Crippen LogP contribution in [0.1, 0.15) is 19.8 Å². The van der Waals surface area contributed by atoms with E-state index in [9.17, 15) is 18.3 Å². The molecule has 1 aromatic heterocycles. The van der Waals surface area contributed by atoms with Crippen LogP contribution in [-0.2, 0) is 14.8 Å². The molecule has 2 rings (SSSR count). The summed E-state index contributed by atoms with van der Waals surface area (Å²) in [6, 6.07) is 1.47. The van der Waals surface area contributed by atoms with E-state index in [1.54, 1.807) is 6.92 Å². The number of aliphatic carboxylic acids is 1. The minimum Gasteiger partial charge on any atom is -0.481 e. The third kappa shape index (κ3) is 2.59. The van der Waals surface area contributed by atoms with Crippen LogP contribution in [0, 0.1) is 5.41 Å². The summed E-state index contributed by atoms with van der Waals surface area (Å²) in [6.45, 7) is 1.99. The second kappa shape index (κ2) is 5.42. The number of aromatic nitrogens is 1. The molecule has 2 heterocycles. The molecular formula is C12H15BrN2O4S. The first-order valence-corrected chi connectivity index (χ1v) is 8.39. The highest BCUT2D eigenvalue weighted by molar-refractivity contribution is 9.10. The van der Waals surface area contributed by atoms with E-state index in [4.69, 9.17) is 0 Å². The smallest absolute Gasteiger partial charge is 0.311 e. The summed E-state index contributed by atoms with van der Waals surface area (Å²) in [5.74, 6) is -0.940. The SMILES string of the molecule is CCC1(C(=O)O)CCN(S(=O)(=O)c2cncc(Br)c2)C1. The number of nitrogens with zero attached hydrogens (tertiary/aromatic N) is 2. The van der Waals surface area contributed by atoms with Crippen molar-refractivity contribution in [3.8, 4) is 0 Å². The van der Waals surface area contributed by atoms with Crippen LogP contribution < -0.4 is 0 Å². The molecule has 1 aliphatic heterocycles. The predicted octanol–water partition coefficient (Wildman–Crippen LogP) is 1.72. The molecule has 20 heavy (non-hydrogen) atoms. The number of hydrogen-bond acceptors (Lipinski definition) is 4. The van der Waals surface area contributed by atoms with E-state index in [-0.39, 0.29) is 18.0 Å². The Kier molecular flexibility index (Phi) is 4.17. The van der Waals surface area contributed by atoms with E-state index in [2.05, 4.69) is 20.9 Å². The Balaban J connectivity index is 2.32. The van der Waals surface area contributed by atoms with Crippen LogP contribution in [0.25, 0.3) is 0 Å². The monoisotopic (exact) mass is 362 g/mol. The molecule has 0 radical (unpaired) electrons. The average molecular weight is 363 g/mol. The van der Waals surface area contributed by atoms with Crippen molar-refractivity contribution in [2.45, 2.75) is 24.7 Å². The van der Waals surface area contributed by atoms with Crippen LogP contribution >= 0.6 is 15.9 Å². The molecule has 0 aromatic carbocycles. The Morgan fingerprint density at radius 1 is 1.55 bits per heavy atom. The fourth-order valence-corrected chi connectivity index (χ4v) is 4.37. The van der Waals surface area contributed by atoms with Gasteiger partial charge < -0.3 is 5.11 Å². The van der Waals surface area contributed by atoms with Crippen molar-refractivity contribution in [3.05, 3.63) is 22.9 Å². The minimum absolute atomic E-state index is 0.00762. The molecule has 1 N–H and O–H groups in total. The van der Waals surface area contributed by atoms with Gasteiger partial charge in [0.25, 0.3) is 0 Å². The largest absolute Gasteiger partial charge is 0.481 e. The average Bonchev–Trinajstić information content (AvgIpc) is 2.85. The molecule has 1 unspecified atom stereocenters. The van der Waals surface area contributed by atoms with Crippen molar-refractivity contribution in [2.75, 3.05) is 13.1 Å². The maximum absolute atomic E-state index is 12.5. The fourth-order valence-electron chi connectivity index (χ4n) is 2.34. The van der Waals surface area contributed by atoms with Crippen molar-refractivity contribution < 1.29 is 18.3 Å². The molecule has 110 valence electrons. The lowest BCUT2D eigenvalue weighted by Gasteiger charge is -2.22. The van der Waals surface area contributed by atoms with Gasteiger partial charge in [-0.25, -0.2) is 8.42 Å². The van der Waals surface area contributed by atoms with Gasteiger partial charge in [0.2, 0.25) is 10.0 Å². The first kappa shape index (κ1) is 15.4. The third-order valence-electron chi connectivity index (χ3n) is 3.77. The fraction of sp³-hybridized carbons (Fsp3) is 0.500. The van der Waals surface area contributed by atoms with E-state index in [0.717, 1.165) is 0 Å². The molecule has 1 aromatic rings. The van der Waals surface area contributed by atoms with Gasteiger partial charge in [-0.2, -0.15) is 4.31 Å². The Morgan fingerprint density at radius 2 is 2.25 bits per heavy atom. The standard InChI is InChI=1S/C12H15BrN2O4S/c1-2-12(11(16)17)3-4-15(8-12)20(18,19)10-5-9(13)6-14-7-10/h5-7H,2-4,8H2,1H3,(H,16,17). The zero-order chi connectivity index (χ0) is 15.0. The lowest BCUT2D eigenvalue weighted by atomic mass is 9.85. The molecule has 8 heteroatoms. The normalized spacial score (nSPS) is 23.9. The summed E-state index contributed by atoms with van der Waals surface area (Å²) in [7, 11) is -3.70. The van der Waals surface area contributed by atoms with Crippen LogP contribution in [0.4, 0.5) is 0 Å². The number of carboxylic acid groups (broad SMARTS) is 1. The van der Waals surface area contributed by atoms with Gasteiger partial charge in [-0.1, -0.05) is 6.92 Å². The minimum atomic E-state index is -3.70. The summed E-state index contributed by atoms with van der Waals surface area (Å²) in [5.41, 5.74) is -0.980. The number of carboxylic acids is 1. The lowest BCUT2D eigenvalue weighted by molar-refractivity contribution is -0.148. The van der Waals surface area contributed by atoms with Crippen molar-refractivity contribution in [1.29, 1.82) is 0 Å². The maximum Gasteiger partial charge on any atom is 0.311 e. The second-order valence-electron chi connectivity index (χ2n) is 4.87. The molecule has 1 aliphatic rings. The van der Waals surface area contributed by atoms with Gasteiger partial charge in [0.05, 0.1) is 5.41 Å². The van der Waals surface area contributed by atoms with E-state index in [1.165, 1.54) is 22.8 Å². The molecule has 1 atom stereocenters. The molecule has 0 spiro atoms. The van der Waals surface area contributed by atoms with Crippen LogP contribution in [0.3, 0.4) is 0 Å².